The van der Waals surface area contributed by atoms with Gasteiger partial charge in [0, 0.05) is 31.6 Å². The third-order valence-electron chi connectivity index (χ3n) is 3.34. The SMILES string of the molecule is CCCNc1ccnc(C(=O)NCC2CCCCO2)c1. The first-order valence-electron chi connectivity index (χ1n) is 7.39. The van der Waals surface area contributed by atoms with Crippen molar-refractivity contribution in [3.05, 3.63) is 24.0 Å². The average Bonchev–Trinajstić information content (AvgIpc) is 2.52. The molecule has 1 aliphatic rings. The van der Waals surface area contributed by atoms with Gasteiger partial charge in [-0.2, -0.15) is 0 Å². The second kappa shape index (κ2) is 7.85. The van der Waals surface area contributed by atoms with Crippen molar-refractivity contribution in [2.24, 2.45) is 0 Å². The number of hydrogen-bond donors (Lipinski definition) is 2. The zero-order valence-corrected chi connectivity index (χ0v) is 12.0. The van der Waals surface area contributed by atoms with Gasteiger partial charge in [0.05, 0.1) is 6.10 Å². The van der Waals surface area contributed by atoms with Crippen molar-refractivity contribution >= 4 is 11.6 Å². The summed E-state index contributed by atoms with van der Waals surface area (Å²) in [6, 6.07) is 3.66. The molecule has 110 valence electrons. The quantitative estimate of drug-likeness (QED) is 0.836. The van der Waals surface area contributed by atoms with Crippen molar-refractivity contribution in [1.82, 2.24) is 10.3 Å². The van der Waals surface area contributed by atoms with E-state index in [-0.39, 0.29) is 12.0 Å². The Balaban J connectivity index is 1.84. The van der Waals surface area contributed by atoms with Gasteiger partial charge in [-0.25, -0.2) is 0 Å². The smallest absolute Gasteiger partial charge is 0.270 e. The first kappa shape index (κ1) is 14.8. The third-order valence-corrected chi connectivity index (χ3v) is 3.34. The number of rotatable bonds is 6. The standard InChI is InChI=1S/C15H23N3O2/c1-2-7-16-12-6-8-17-14(10-12)15(19)18-11-13-5-3-4-9-20-13/h6,8,10,13H,2-5,7,9,11H2,1H3,(H,16,17)(H,18,19). The van der Waals surface area contributed by atoms with Gasteiger partial charge in [0.15, 0.2) is 0 Å². The minimum Gasteiger partial charge on any atom is -0.385 e. The van der Waals surface area contributed by atoms with Crippen LogP contribution < -0.4 is 10.6 Å². The highest BCUT2D eigenvalue weighted by Gasteiger charge is 2.15. The summed E-state index contributed by atoms with van der Waals surface area (Å²) in [5.74, 6) is -0.140. The fourth-order valence-corrected chi connectivity index (χ4v) is 2.20. The molecule has 2 N–H and O–H groups in total. The molecule has 0 saturated carbocycles. The van der Waals surface area contributed by atoms with Gasteiger partial charge in [-0.3, -0.25) is 9.78 Å². The zero-order chi connectivity index (χ0) is 14.2. The highest BCUT2D eigenvalue weighted by atomic mass is 16.5. The minimum atomic E-state index is -0.140. The average molecular weight is 277 g/mol. The second-order valence-electron chi connectivity index (χ2n) is 5.06. The number of aromatic nitrogens is 1. The van der Waals surface area contributed by atoms with Gasteiger partial charge in [0.1, 0.15) is 5.69 Å². The Labute approximate surface area is 120 Å². The van der Waals surface area contributed by atoms with E-state index in [1.165, 1.54) is 6.42 Å². The summed E-state index contributed by atoms with van der Waals surface area (Å²) in [6.07, 6.45) is 6.17. The van der Waals surface area contributed by atoms with Gasteiger partial charge in [-0.1, -0.05) is 6.92 Å². The lowest BCUT2D eigenvalue weighted by molar-refractivity contribution is 0.0168. The zero-order valence-electron chi connectivity index (χ0n) is 12.0. The fraction of sp³-hybridized carbons (Fsp3) is 0.600. The van der Waals surface area contributed by atoms with Crippen LogP contribution in [0.1, 0.15) is 43.1 Å². The first-order valence-corrected chi connectivity index (χ1v) is 7.39. The first-order chi connectivity index (χ1) is 9.79. The van der Waals surface area contributed by atoms with Crippen LogP contribution in [0.2, 0.25) is 0 Å². The number of nitrogens with one attached hydrogen (secondary N) is 2. The van der Waals surface area contributed by atoms with Crippen molar-refractivity contribution in [1.29, 1.82) is 0 Å². The lowest BCUT2D eigenvalue weighted by Gasteiger charge is -2.22. The number of carbonyl (C=O) groups is 1. The van der Waals surface area contributed by atoms with E-state index in [0.717, 1.165) is 38.1 Å². The van der Waals surface area contributed by atoms with Crippen molar-refractivity contribution in [2.45, 2.75) is 38.7 Å². The normalized spacial score (nSPS) is 18.6. The Morgan fingerprint density at radius 2 is 2.40 bits per heavy atom. The van der Waals surface area contributed by atoms with E-state index in [4.69, 9.17) is 4.74 Å². The van der Waals surface area contributed by atoms with Crippen molar-refractivity contribution in [2.75, 3.05) is 25.0 Å². The van der Waals surface area contributed by atoms with E-state index >= 15 is 0 Å². The molecule has 1 saturated heterocycles. The highest BCUT2D eigenvalue weighted by molar-refractivity contribution is 5.93. The summed E-state index contributed by atoms with van der Waals surface area (Å²) in [4.78, 5) is 16.2. The van der Waals surface area contributed by atoms with E-state index in [9.17, 15) is 4.79 Å². The van der Waals surface area contributed by atoms with Crippen LogP contribution in [0.5, 0.6) is 0 Å². The van der Waals surface area contributed by atoms with E-state index < -0.39 is 0 Å². The summed E-state index contributed by atoms with van der Waals surface area (Å²) in [7, 11) is 0. The van der Waals surface area contributed by atoms with Crippen LogP contribution >= 0.6 is 0 Å². The number of amides is 1. The van der Waals surface area contributed by atoms with Crippen LogP contribution in [-0.4, -0.2) is 36.7 Å². The van der Waals surface area contributed by atoms with Crippen molar-refractivity contribution in [3.63, 3.8) is 0 Å². The highest BCUT2D eigenvalue weighted by Crippen LogP contribution is 2.12. The summed E-state index contributed by atoms with van der Waals surface area (Å²) < 4.78 is 5.59. The van der Waals surface area contributed by atoms with Crippen LogP contribution in [-0.2, 0) is 4.74 Å². The summed E-state index contributed by atoms with van der Waals surface area (Å²) in [6.45, 7) is 4.36. The lowest BCUT2D eigenvalue weighted by Crippen LogP contribution is -2.35. The molecular formula is C15H23N3O2. The molecule has 5 heteroatoms. The number of nitrogens with zero attached hydrogens (tertiary/aromatic N) is 1. The Morgan fingerprint density at radius 1 is 1.50 bits per heavy atom. The molecule has 0 aromatic carbocycles. The van der Waals surface area contributed by atoms with Crippen LogP contribution in [0, 0.1) is 0 Å². The molecule has 0 aliphatic carbocycles. The summed E-state index contributed by atoms with van der Waals surface area (Å²) in [5.41, 5.74) is 1.38. The van der Waals surface area contributed by atoms with Gasteiger partial charge in [0.2, 0.25) is 0 Å². The van der Waals surface area contributed by atoms with Crippen LogP contribution in [0.15, 0.2) is 18.3 Å². The monoisotopic (exact) mass is 277 g/mol. The largest absolute Gasteiger partial charge is 0.385 e. The molecule has 0 bridgehead atoms. The maximum Gasteiger partial charge on any atom is 0.270 e. The molecule has 20 heavy (non-hydrogen) atoms. The Kier molecular flexibility index (Phi) is 5.80. The Hall–Kier alpha value is -1.62. The van der Waals surface area contributed by atoms with Gasteiger partial charge < -0.3 is 15.4 Å². The summed E-state index contributed by atoms with van der Waals surface area (Å²) in [5, 5.41) is 6.15. The van der Waals surface area contributed by atoms with Gasteiger partial charge in [-0.15, -0.1) is 0 Å². The fourth-order valence-electron chi connectivity index (χ4n) is 2.20. The number of pyridine rings is 1. The molecule has 5 nitrogen and oxygen atoms in total. The number of anilines is 1. The van der Waals surface area contributed by atoms with Gasteiger partial charge in [0.25, 0.3) is 5.91 Å². The second-order valence-corrected chi connectivity index (χ2v) is 5.06. The molecule has 1 fully saturated rings. The molecule has 1 atom stereocenters. The molecule has 1 aromatic rings. The van der Waals surface area contributed by atoms with E-state index in [2.05, 4.69) is 22.5 Å². The van der Waals surface area contributed by atoms with Crippen LogP contribution in [0.25, 0.3) is 0 Å². The van der Waals surface area contributed by atoms with Crippen LogP contribution in [0.3, 0.4) is 0 Å². The number of hydrogen-bond acceptors (Lipinski definition) is 4. The molecule has 1 aromatic heterocycles. The topological polar surface area (TPSA) is 63.2 Å². The molecule has 2 heterocycles. The predicted molar refractivity (Wildman–Crippen MR) is 78.9 cm³/mol. The Morgan fingerprint density at radius 3 is 3.15 bits per heavy atom. The summed E-state index contributed by atoms with van der Waals surface area (Å²) >= 11 is 0. The van der Waals surface area contributed by atoms with Crippen molar-refractivity contribution < 1.29 is 9.53 Å². The lowest BCUT2D eigenvalue weighted by atomic mass is 10.1. The van der Waals surface area contributed by atoms with E-state index in [1.54, 1.807) is 12.3 Å². The maximum atomic E-state index is 12.1. The number of carbonyl (C=O) groups excluding carboxylic acids is 1. The van der Waals surface area contributed by atoms with E-state index in [1.807, 2.05) is 6.07 Å². The molecule has 2 rings (SSSR count). The predicted octanol–water partition coefficient (Wildman–Crippen LogP) is 2.20. The maximum absolute atomic E-state index is 12.1. The van der Waals surface area contributed by atoms with Gasteiger partial charge in [-0.05, 0) is 37.8 Å². The minimum absolute atomic E-state index is 0.140. The molecule has 1 aliphatic heterocycles. The Bertz CT molecular complexity index is 431. The molecule has 1 unspecified atom stereocenters. The molecule has 0 radical (unpaired) electrons. The molecular weight excluding hydrogens is 254 g/mol. The van der Waals surface area contributed by atoms with Gasteiger partial charge >= 0.3 is 0 Å². The third kappa shape index (κ3) is 4.49. The molecule has 1 amide bonds. The van der Waals surface area contributed by atoms with E-state index in [0.29, 0.717) is 12.2 Å². The van der Waals surface area contributed by atoms with Crippen LogP contribution in [0.4, 0.5) is 5.69 Å². The number of ether oxygens (including phenoxy) is 1. The van der Waals surface area contributed by atoms with Crippen molar-refractivity contribution in [3.8, 4) is 0 Å². The molecule has 0 spiro atoms.